The summed E-state index contributed by atoms with van der Waals surface area (Å²) in [6, 6.07) is 3.00. The summed E-state index contributed by atoms with van der Waals surface area (Å²) in [5, 5.41) is 4.14. The van der Waals surface area contributed by atoms with Crippen molar-refractivity contribution in [2.75, 3.05) is 37.6 Å². The minimum Gasteiger partial charge on any atom is -0.369 e. The maximum Gasteiger partial charge on any atom is 0.292 e. The lowest BCUT2D eigenvalue weighted by Crippen LogP contribution is -2.43. The molecule has 8 heteroatoms. The van der Waals surface area contributed by atoms with Crippen molar-refractivity contribution in [3.05, 3.63) is 51.4 Å². The van der Waals surface area contributed by atoms with Gasteiger partial charge in [0.25, 0.3) is 5.56 Å². The van der Waals surface area contributed by atoms with Gasteiger partial charge in [0, 0.05) is 25.7 Å². The first-order chi connectivity index (χ1) is 14.4. The molecule has 0 radical (unpaired) electrons. The van der Waals surface area contributed by atoms with Crippen LogP contribution in [-0.4, -0.2) is 47.4 Å². The van der Waals surface area contributed by atoms with Crippen molar-refractivity contribution in [3.8, 4) is 5.69 Å². The molecule has 1 aromatic carbocycles. The third-order valence-corrected chi connectivity index (χ3v) is 6.65. The number of piperidine rings is 2. The number of halogens is 3. The maximum atomic E-state index is 14.1. The predicted molar refractivity (Wildman–Crippen MR) is 115 cm³/mol. The van der Waals surface area contributed by atoms with Crippen LogP contribution in [0.1, 0.15) is 32.6 Å². The Labute approximate surface area is 180 Å². The molecular weight excluding hydrogens is 410 g/mol. The number of hydrogen-bond acceptors (Lipinski definition) is 4. The minimum atomic E-state index is -0.859. The molecular formula is C22H27ClF2N4O. The van der Waals surface area contributed by atoms with E-state index in [1.54, 1.807) is 0 Å². The normalized spacial score (nSPS) is 21.2. The molecule has 2 fully saturated rings. The van der Waals surface area contributed by atoms with Crippen LogP contribution in [0.25, 0.3) is 5.69 Å². The predicted octanol–water partition coefficient (Wildman–Crippen LogP) is 4.11. The van der Waals surface area contributed by atoms with Crippen LogP contribution in [0.5, 0.6) is 0 Å². The quantitative estimate of drug-likeness (QED) is 0.723. The van der Waals surface area contributed by atoms with Crippen molar-refractivity contribution < 1.29 is 8.78 Å². The Morgan fingerprint density at radius 2 is 1.90 bits per heavy atom. The van der Waals surface area contributed by atoms with E-state index >= 15 is 0 Å². The first kappa shape index (κ1) is 21.2. The molecule has 0 saturated carbocycles. The first-order valence-corrected chi connectivity index (χ1v) is 11.0. The molecule has 0 N–H and O–H groups in total. The van der Waals surface area contributed by atoms with Crippen LogP contribution in [0.2, 0.25) is 5.02 Å². The van der Waals surface area contributed by atoms with E-state index in [0.717, 1.165) is 68.3 Å². The molecule has 0 spiro atoms. The number of likely N-dealkylation sites (tertiary alicyclic amines) is 1. The maximum absolute atomic E-state index is 14.1. The van der Waals surface area contributed by atoms with Gasteiger partial charge >= 0.3 is 0 Å². The lowest BCUT2D eigenvalue weighted by molar-refractivity contribution is 0.159. The molecule has 2 saturated heterocycles. The Balaban J connectivity index is 1.51. The van der Waals surface area contributed by atoms with Crippen molar-refractivity contribution in [2.45, 2.75) is 32.6 Å². The number of aromatic nitrogens is 2. The van der Waals surface area contributed by atoms with E-state index in [-0.39, 0.29) is 10.7 Å². The van der Waals surface area contributed by atoms with Crippen LogP contribution in [0.3, 0.4) is 0 Å². The topological polar surface area (TPSA) is 41.4 Å². The van der Waals surface area contributed by atoms with Gasteiger partial charge in [-0.2, -0.15) is 9.78 Å². The molecule has 5 nitrogen and oxygen atoms in total. The molecule has 2 aliphatic heterocycles. The molecule has 3 heterocycles. The highest BCUT2D eigenvalue weighted by atomic mass is 35.5. The summed E-state index contributed by atoms with van der Waals surface area (Å²) in [5.41, 5.74) is -0.144. The second kappa shape index (κ2) is 9.02. The Hall–Kier alpha value is -1.99. The number of nitrogens with zero attached hydrogens (tertiary/aromatic N) is 4. The Kier molecular flexibility index (Phi) is 6.39. The second-order valence-corrected chi connectivity index (χ2v) is 8.97. The summed E-state index contributed by atoms with van der Waals surface area (Å²) < 4.78 is 28.2. The second-order valence-electron chi connectivity index (χ2n) is 8.59. The van der Waals surface area contributed by atoms with Gasteiger partial charge in [0.2, 0.25) is 0 Å². The van der Waals surface area contributed by atoms with E-state index < -0.39 is 17.2 Å². The molecule has 2 aromatic rings. The van der Waals surface area contributed by atoms with Gasteiger partial charge in [0.15, 0.2) is 5.82 Å². The summed E-state index contributed by atoms with van der Waals surface area (Å²) in [4.78, 5) is 17.4. The Morgan fingerprint density at radius 3 is 2.63 bits per heavy atom. The van der Waals surface area contributed by atoms with Crippen LogP contribution in [0, 0.1) is 23.5 Å². The van der Waals surface area contributed by atoms with Gasteiger partial charge in [-0.25, -0.2) is 8.78 Å². The fourth-order valence-electron chi connectivity index (χ4n) is 4.51. The monoisotopic (exact) mass is 436 g/mol. The summed E-state index contributed by atoms with van der Waals surface area (Å²) in [6.45, 7) is 7.31. The van der Waals surface area contributed by atoms with Crippen LogP contribution < -0.4 is 10.5 Å². The summed E-state index contributed by atoms with van der Waals surface area (Å²) >= 11 is 6.40. The van der Waals surface area contributed by atoms with Gasteiger partial charge in [-0.05, 0) is 62.7 Å². The number of benzene rings is 1. The smallest absolute Gasteiger partial charge is 0.292 e. The number of rotatable bonds is 4. The zero-order valence-corrected chi connectivity index (χ0v) is 17.9. The fraction of sp³-hybridized carbons (Fsp3) is 0.545. The molecule has 162 valence electrons. The molecule has 4 rings (SSSR count). The Bertz CT molecular complexity index is 959. The number of anilines is 1. The van der Waals surface area contributed by atoms with Crippen molar-refractivity contribution in [3.63, 3.8) is 0 Å². The van der Waals surface area contributed by atoms with Gasteiger partial charge in [-0.1, -0.05) is 18.5 Å². The molecule has 1 aromatic heterocycles. The van der Waals surface area contributed by atoms with Crippen LogP contribution in [-0.2, 0) is 0 Å². The molecule has 0 bridgehead atoms. The molecule has 1 atom stereocenters. The standard InChI is InChI=1S/C22H27ClF2N4O/c1-15-6-9-27(10-7-15)13-16-3-2-8-28(14-16)20-12-26-29(22(30)21(20)23)19-5-4-17(24)11-18(19)25/h4-5,11-12,15-16H,2-3,6-10,13-14H2,1H3. The third-order valence-electron chi connectivity index (χ3n) is 6.29. The molecule has 0 aliphatic carbocycles. The van der Waals surface area contributed by atoms with Gasteiger partial charge in [0.1, 0.15) is 16.5 Å². The largest absolute Gasteiger partial charge is 0.369 e. The first-order valence-electron chi connectivity index (χ1n) is 10.6. The van der Waals surface area contributed by atoms with Crippen LogP contribution >= 0.6 is 11.6 Å². The highest BCUT2D eigenvalue weighted by Gasteiger charge is 2.26. The van der Waals surface area contributed by atoms with Gasteiger partial charge in [-0.3, -0.25) is 4.79 Å². The average molecular weight is 437 g/mol. The van der Waals surface area contributed by atoms with E-state index in [0.29, 0.717) is 11.6 Å². The highest BCUT2D eigenvalue weighted by molar-refractivity contribution is 6.33. The fourth-order valence-corrected chi connectivity index (χ4v) is 4.76. The summed E-state index contributed by atoms with van der Waals surface area (Å²) in [5.74, 6) is -0.247. The zero-order chi connectivity index (χ0) is 21.3. The van der Waals surface area contributed by atoms with Gasteiger partial charge in [0.05, 0.1) is 11.9 Å². The van der Waals surface area contributed by atoms with Crippen molar-refractivity contribution in [1.29, 1.82) is 0 Å². The summed E-state index contributed by atoms with van der Waals surface area (Å²) in [7, 11) is 0. The van der Waals surface area contributed by atoms with Crippen molar-refractivity contribution in [2.24, 2.45) is 11.8 Å². The number of hydrogen-bond donors (Lipinski definition) is 0. The molecule has 0 amide bonds. The van der Waals surface area contributed by atoms with Crippen LogP contribution in [0.4, 0.5) is 14.5 Å². The molecule has 2 aliphatic rings. The third kappa shape index (κ3) is 4.52. The van der Waals surface area contributed by atoms with E-state index in [1.807, 2.05) is 0 Å². The lowest BCUT2D eigenvalue weighted by atomic mass is 9.94. The lowest BCUT2D eigenvalue weighted by Gasteiger charge is -2.38. The average Bonchev–Trinajstić information content (AvgIpc) is 2.72. The minimum absolute atomic E-state index is 0.0150. The molecule has 30 heavy (non-hydrogen) atoms. The van der Waals surface area contributed by atoms with Crippen LogP contribution in [0.15, 0.2) is 29.2 Å². The Morgan fingerprint density at radius 1 is 1.13 bits per heavy atom. The SMILES string of the molecule is CC1CCN(CC2CCCN(c3cnn(-c4ccc(F)cc4F)c(=O)c3Cl)C2)CC1. The zero-order valence-electron chi connectivity index (χ0n) is 17.2. The summed E-state index contributed by atoms with van der Waals surface area (Å²) in [6.07, 6.45) is 6.21. The van der Waals surface area contributed by atoms with E-state index in [1.165, 1.54) is 25.1 Å². The van der Waals surface area contributed by atoms with E-state index in [2.05, 4.69) is 21.8 Å². The van der Waals surface area contributed by atoms with E-state index in [9.17, 15) is 13.6 Å². The van der Waals surface area contributed by atoms with Crippen molar-refractivity contribution in [1.82, 2.24) is 14.7 Å². The van der Waals surface area contributed by atoms with Gasteiger partial charge in [-0.15, -0.1) is 0 Å². The highest BCUT2D eigenvalue weighted by Crippen LogP contribution is 2.28. The van der Waals surface area contributed by atoms with E-state index in [4.69, 9.17) is 11.6 Å². The van der Waals surface area contributed by atoms with Crippen molar-refractivity contribution >= 4 is 17.3 Å². The molecule has 1 unspecified atom stereocenters. The van der Waals surface area contributed by atoms with Gasteiger partial charge < -0.3 is 9.80 Å².